The standard InChI is InChI=1S/C29H26F2N6O2.CH4O/c1-4-37-24-12-18(14-38)5-10-22(24)34-25(37)15-39-28-26(20-11-16(2)33-23(13-20)17(3)30)27(35-29(32)36-28)19-6-8-21(31)9-7-19;1-2/h5-14,17H,4,15H2,1-3H3,(H2,32,35,36);2H,1H3. The van der Waals surface area contributed by atoms with E-state index in [-0.39, 0.29) is 24.1 Å². The molecule has 0 amide bonds. The molecule has 212 valence electrons. The molecule has 0 spiro atoms. The van der Waals surface area contributed by atoms with E-state index in [1.165, 1.54) is 19.1 Å². The number of aliphatic hydroxyl groups excluding tert-OH is 1. The number of hydrogen-bond acceptors (Lipinski definition) is 8. The molecule has 0 aliphatic heterocycles. The fourth-order valence-corrected chi connectivity index (χ4v) is 4.54. The summed E-state index contributed by atoms with van der Waals surface area (Å²) in [5.74, 6) is 0.333. The third-order valence-corrected chi connectivity index (χ3v) is 6.32. The Hall–Kier alpha value is -4.77. The van der Waals surface area contributed by atoms with Crippen LogP contribution in [0.5, 0.6) is 5.88 Å². The molecule has 3 aromatic heterocycles. The largest absolute Gasteiger partial charge is 0.469 e. The van der Waals surface area contributed by atoms with Gasteiger partial charge in [0.25, 0.3) is 0 Å². The Morgan fingerprint density at radius 2 is 1.76 bits per heavy atom. The summed E-state index contributed by atoms with van der Waals surface area (Å²) >= 11 is 0. The molecule has 1 unspecified atom stereocenters. The van der Waals surface area contributed by atoms with Crippen LogP contribution in [0.25, 0.3) is 33.4 Å². The summed E-state index contributed by atoms with van der Waals surface area (Å²) in [6.07, 6.45) is -0.517. The zero-order chi connectivity index (χ0) is 29.7. The van der Waals surface area contributed by atoms with Gasteiger partial charge in [0.2, 0.25) is 11.8 Å². The Labute approximate surface area is 235 Å². The first kappa shape index (κ1) is 29.2. The van der Waals surface area contributed by atoms with Gasteiger partial charge in [-0.15, -0.1) is 0 Å². The van der Waals surface area contributed by atoms with Crippen molar-refractivity contribution in [2.45, 2.75) is 40.1 Å². The minimum Gasteiger partial charge on any atom is -0.469 e. The van der Waals surface area contributed by atoms with Gasteiger partial charge in [-0.1, -0.05) is 0 Å². The van der Waals surface area contributed by atoms with Gasteiger partial charge in [0, 0.05) is 30.5 Å². The van der Waals surface area contributed by atoms with E-state index in [4.69, 9.17) is 15.6 Å². The van der Waals surface area contributed by atoms with E-state index in [2.05, 4.69) is 19.9 Å². The summed E-state index contributed by atoms with van der Waals surface area (Å²) in [6.45, 7) is 5.77. The van der Waals surface area contributed by atoms with E-state index in [0.717, 1.165) is 24.4 Å². The number of carbonyl (C=O) groups excluding carboxylic acids is 1. The predicted octanol–water partition coefficient (Wildman–Crippen LogP) is 5.64. The number of halogens is 2. The average molecular weight is 561 g/mol. The number of hydrogen-bond donors (Lipinski definition) is 2. The van der Waals surface area contributed by atoms with E-state index < -0.39 is 12.0 Å². The van der Waals surface area contributed by atoms with E-state index in [0.29, 0.717) is 46.0 Å². The maximum atomic E-state index is 14.3. The highest BCUT2D eigenvalue weighted by atomic mass is 19.1. The second-order valence-corrected chi connectivity index (χ2v) is 9.08. The number of benzene rings is 2. The molecular weight excluding hydrogens is 530 g/mol. The molecule has 0 saturated carbocycles. The lowest BCUT2D eigenvalue weighted by Gasteiger charge is -2.17. The van der Waals surface area contributed by atoms with Crippen molar-refractivity contribution in [1.29, 1.82) is 0 Å². The number of alkyl halides is 1. The number of aromatic nitrogens is 5. The molecule has 0 aliphatic carbocycles. The zero-order valence-corrected chi connectivity index (χ0v) is 23.1. The van der Waals surface area contributed by atoms with E-state index in [1.807, 2.05) is 11.5 Å². The fraction of sp³-hybridized carbons (Fsp3) is 0.233. The monoisotopic (exact) mass is 560 g/mol. The van der Waals surface area contributed by atoms with Gasteiger partial charge in [-0.3, -0.25) is 9.78 Å². The van der Waals surface area contributed by atoms with Crippen molar-refractivity contribution in [3.63, 3.8) is 0 Å². The molecule has 9 nitrogen and oxygen atoms in total. The van der Waals surface area contributed by atoms with Crippen LogP contribution in [-0.2, 0) is 13.2 Å². The first-order chi connectivity index (χ1) is 19.8. The third kappa shape index (κ3) is 6.20. The molecule has 0 bridgehead atoms. The Balaban J connectivity index is 0.00000189. The van der Waals surface area contributed by atoms with Crippen molar-refractivity contribution in [2.75, 3.05) is 12.8 Å². The van der Waals surface area contributed by atoms with Crippen LogP contribution in [0.2, 0.25) is 0 Å². The lowest BCUT2D eigenvalue weighted by Crippen LogP contribution is -2.10. The van der Waals surface area contributed by atoms with Gasteiger partial charge in [-0.05, 0) is 80.9 Å². The van der Waals surface area contributed by atoms with Gasteiger partial charge >= 0.3 is 0 Å². The van der Waals surface area contributed by atoms with Gasteiger partial charge < -0.3 is 20.1 Å². The number of pyridine rings is 1. The van der Waals surface area contributed by atoms with Crippen LogP contribution in [-0.4, -0.2) is 43.0 Å². The summed E-state index contributed by atoms with van der Waals surface area (Å²) in [6, 6.07) is 14.5. The zero-order valence-electron chi connectivity index (χ0n) is 23.1. The summed E-state index contributed by atoms with van der Waals surface area (Å²) in [4.78, 5) is 29.1. The molecule has 0 saturated heterocycles. The number of imidazole rings is 1. The van der Waals surface area contributed by atoms with Gasteiger partial charge in [0.1, 0.15) is 30.7 Å². The van der Waals surface area contributed by atoms with Crippen LogP contribution in [0.4, 0.5) is 14.7 Å². The number of nitrogen functional groups attached to an aromatic ring is 1. The quantitative estimate of drug-likeness (QED) is 0.234. The molecule has 0 aliphatic rings. The van der Waals surface area contributed by atoms with E-state index in [9.17, 15) is 13.6 Å². The molecular formula is C30H30F2N6O3. The van der Waals surface area contributed by atoms with Crippen molar-refractivity contribution >= 4 is 23.3 Å². The summed E-state index contributed by atoms with van der Waals surface area (Å²) in [7, 11) is 1.00. The molecule has 3 heterocycles. The number of rotatable bonds is 8. The molecule has 0 fully saturated rings. The topological polar surface area (TPSA) is 129 Å². The second kappa shape index (κ2) is 12.6. The summed E-state index contributed by atoms with van der Waals surface area (Å²) in [5.41, 5.74) is 11.0. The average Bonchev–Trinajstić information content (AvgIpc) is 3.33. The maximum absolute atomic E-state index is 14.3. The Kier molecular flexibility index (Phi) is 8.98. The molecule has 5 aromatic rings. The minimum atomic E-state index is -1.31. The molecule has 11 heteroatoms. The first-order valence-corrected chi connectivity index (χ1v) is 12.9. The molecule has 41 heavy (non-hydrogen) atoms. The van der Waals surface area contributed by atoms with Crippen LogP contribution >= 0.6 is 0 Å². The Morgan fingerprint density at radius 3 is 2.41 bits per heavy atom. The number of nitrogens with zero attached hydrogens (tertiary/aromatic N) is 5. The highest BCUT2D eigenvalue weighted by Crippen LogP contribution is 2.39. The van der Waals surface area contributed by atoms with E-state index in [1.54, 1.807) is 49.4 Å². The Morgan fingerprint density at radius 1 is 1.02 bits per heavy atom. The minimum absolute atomic E-state index is 0.0295. The first-order valence-electron chi connectivity index (χ1n) is 12.9. The van der Waals surface area contributed by atoms with Crippen molar-refractivity contribution in [1.82, 2.24) is 24.5 Å². The predicted molar refractivity (Wildman–Crippen MR) is 153 cm³/mol. The number of anilines is 1. The number of fused-ring (bicyclic) bond motifs is 1. The summed E-state index contributed by atoms with van der Waals surface area (Å²) < 4.78 is 36.3. The summed E-state index contributed by atoms with van der Waals surface area (Å²) in [5, 5.41) is 7.00. The number of aryl methyl sites for hydroxylation is 2. The third-order valence-electron chi connectivity index (χ3n) is 6.32. The lowest BCUT2D eigenvalue weighted by molar-refractivity contribution is 0.112. The van der Waals surface area contributed by atoms with Crippen LogP contribution in [0.1, 0.15) is 47.6 Å². The number of ether oxygens (including phenoxy) is 1. The molecule has 0 radical (unpaired) electrons. The van der Waals surface area contributed by atoms with Gasteiger partial charge in [0.15, 0.2) is 0 Å². The van der Waals surface area contributed by atoms with Gasteiger partial charge in [-0.25, -0.2) is 18.7 Å². The lowest BCUT2D eigenvalue weighted by atomic mass is 9.99. The van der Waals surface area contributed by atoms with Crippen LogP contribution in [0.15, 0.2) is 54.6 Å². The number of nitrogens with two attached hydrogens (primary N) is 1. The van der Waals surface area contributed by atoms with E-state index >= 15 is 0 Å². The normalized spacial score (nSPS) is 11.6. The SMILES string of the molecule is CCn1c(COc2nc(N)nc(-c3ccc(F)cc3)c2-c2cc(C)nc(C(C)F)c2)nc2ccc(C=O)cc21.CO. The number of aliphatic hydroxyl groups is 1. The van der Waals surface area contributed by atoms with Crippen LogP contribution < -0.4 is 10.5 Å². The second-order valence-electron chi connectivity index (χ2n) is 9.08. The smallest absolute Gasteiger partial charge is 0.227 e. The van der Waals surface area contributed by atoms with Crippen molar-refractivity contribution < 1.29 is 23.4 Å². The van der Waals surface area contributed by atoms with Gasteiger partial charge in [-0.2, -0.15) is 4.98 Å². The highest BCUT2D eigenvalue weighted by molar-refractivity contribution is 5.86. The van der Waals surface area contributed by atoms with Crippen molar-refractivity contribution in [3.05, 3.63) is 83.2 Å². The van der Waals surface area contributed by atoms with Crippen LogP contribution in [0, 0.1) is 12.7 Å². The number of aldehydes is 1. The van der Waals surface area contributed by atoms with Crippen molar-refractivity contribution in [2.24, 2.45) is 0 Å². The maximum Gasteiger partial charge on any atom is 0.227 e. The van der Waals surface area contributed by atoms with Crippen LogP contribution in [0.3, 0.4) is 0 Å². The Bertz CT molecular complexity index is 1690. The highest BCUT2D eigenvalue weighted by Gasteiger charge is 2.22. The fourth-order valence-electron chi connectivity index (χ4n) is 4.54. The molecule has 5 rings (SSSR count). The molecule has 2 aromatic carbocycles. The molecule has 1 atom stereocenters. The molecule has 3 N–H and O–H groups in total. The number of carbonyl (C=O) groups is 1. The van der Waals surface area contributed by atoms with Crippen molar-refractivity contribution in [3.8, 4) is 28.3 Å². The van der Waals surface area contributed by atoms with Gasteiger partial charge in [0.05, 0.1) is 28.0 Å².